The van der Waals surface area contributed by atoms with Gasteiger partial charge in [0.05, 0.1) is 17.0 Å². The summed E-state index contributed by atoms with van der Waals surface area (Å²) < 4.78 is 5.69. The van der Waals surface area contributed by atoms with Crippen LogP contribution in [0.4, 0.5) is 11.4 Å². The molecule has 6 heteroatoms. The number of halogens is 1. The number of benzene rings is 2. The molecule has 0 unspecified atom stereocenters. The molecular weight excluding hydrogens is 408 g/mol. The van der Waals surface area contributed by atoms with Crippen LogP contribution in [0.1, 0.15) is 71.2 Å². The summed E-state index contributed by atoms with van der Waals surface area (Å²) in [6.07, 6.45) is 0.838. The van der Waals surface area contributed by atoms with Crippen molar-refractivity contribution in [3.05, 3.63) is 60.5 Å². The van der Waals surface area contributed by atoms with Crippen molar-refractivity contribution < 1.29 is 4.74 Å². The van der Waals surface area contributed by atoms with Gasteiger partial charge in [0, 0.05) is 16.7 Å². The third kappa shape index (κ3) is 5.75. The number of ether oxygens (including phenoxy) is 1. The van der Waals surface area contributed by atoms with Gasteiger partial charge in [0.15, 0.2) is 9.95 Å². The number of diazo groups is 2. The fraction of sp³-hybridized carbons (Fsp3) is 0.520. The molecule has 0 bridgehead atoms. The first kappa shape index (κ1) is 26.4. The van der Waals surface area contributed by atoms with E-state index in [4.69, 9.17) is 21.7 Å². The predicted octanol–water partition coefficient (Wildman–Crippen LogP) is 8.50. The molecular formula is C25H35ClN4O+2. The van der Waals surface area contributed by atoms with Gasteiger partial charge in [-0.1, -0.05) is 20.8 Å². The van der Waals surface area contributed by atoms with Crippen LogP contribution < -0.4 is 4.74 Å². The minimum atomic E-state index is 0.277. The van der Waals surface area contributed by atoms with E-state index in [-0.39, 0.29) is 5.92 Å². The summed E-state index contributed by atoms with van der Waals surface area (Å²) >= 11 is 5.66. The van der Waals surface area contributed by atoms with Gasteiger partial charge in [-0.15, -0.1) is 11.6 Å². The summed E-state index contributed by atoms with van der Waals surface area (Å²) in [5.41, 5.74) is 10.3. The molecule has 0 aliphatic carbocycles. The molecule has 2 aromatic carbocycles. The Kier molecular flexibility index (Phi) is 9.95. The van der Waals surface area contributed by atoms with Crippen molar-refractivity contribution in [3.8, 4) is 5.75 Å². The van der Waals surface area contributed by atoms with E-state index < -0.39 is 0 Å². The molecule has 0 heterocycles. The maximum absolute atomic E-state index is 9.20. The maximum atomic E-state index is 9.20. The molecule has 2 aromatic rings. The van der Waals surface area contributed by atoms with Gasteiger partial charge in [0.25, 0.3) is 0 Å². The van der Waals surface area contributed by atoms with E-state index in [0.717, 1.165) is 45.7 Å². The lowest BCUT2D eigenvalue weighted by molar-refractivity contribution is 0.338. The van der Waals surface area contributed by atoms with Gasteiger partial charge in [-0.2, -0.15) is 0 Å². The van der Waals surface area contributed by atoms with E-state index in [9.17, 15) is 5.39 Å². The summed E-state index contributed by atoms with van der Waals surface area (Å²) in [5, 5.41) is 18.1. The van der Waals surface area contributed by atoms with Crippen LogP contribution in [0.5, 0.6) is 5.75 Å². The first-order chi connectivity index (χ1) is 14.6. The van der Waals surface area contributed by atoms with Gasteiger partial charge >= 0.3 is 11.4 Å². The Labute approximate surface area is 192 Å². The molecule has 166 valence electrons. The molecule has 0 saturated heterocycles. The monoisotopic (exact) mass is 442 g/mol. The summed E-state index contributed by atoms with van der Waals surface area (Å²) in [4.78, 5) is 6.77. The van der Waals surface area contributed by atoms with Crippen molar-refractivity contribution >= 4 is 23.0 Å². The highest BCUT2D eigenvalue weighted by Crippen LogP contribution is 2.38. The molecule has 0 amide bonds. The third-order valence-corrected chi connectivity index (χ3v) is 6.29. The first-order valence-electron chi connectivity index (χ1n) is 10.7. The standard InChI is InChI=1S/C14H20ClN2O.C11H15N2/c1-5-11-10(4)14(17-16)12(9(2)3)8-13(11)18-7-6-15;1-6-7(2)9(4)11(13-12)10(5)8(6)3/h8-9H,5-7H2,1-4H3;1-5H3/q2*+1. The highest BCUT2D eigenvalue weighted by atomic mass is 35.5. The second-order valence-electron chi connectivity index (χ2n) is 8.14. The minimum Gasteiger partial charge on any atom is -0.492 e. The maximum Gasteiger partial charge on any atom is 0.391 e. The molecule has 0 atom stereocenters. The molecule has 0 aliphatic rings. The largest absolute Gasteiger partial charge is 0.492 e. The average Bonchev–Trinajstić information content (AvgIpc) is 2.75. The summed E-state index contributed by atoms with van der Waals surface area (Å²) in [5.74, 6) is 1.59. The Hall–Kier alpha value is -2.63. The normalized spacial score (nSPS) is 10.2. The zero-order valence-electron chi connectivity index (χ0n) is 20.4. The zero-order valence-corrected chi connectivity index (χ0v) is 21.1. The second kappa shape index (κ2) is 11.7. The Balaban J connectivity index is 0.000000327. The van der Waals surface area contributed by atoms with Gasteiger partial charge < -0.3 is 4.74 Å². The molecule has 2 rings (SSSR count). The van der Waals surface area contributed by atoms with Crippen molar-refractivity contribution in [2.75, 3.05) is 12.5 Å². The Morgan fingerprint density at radius 3 is 1.71 bits per heavy atom. The molecule has 0 spiro atoms. The van der Waals surface area contributed by atoms with Crippen LogP contribution in [0.25, 0.3) is 9.95 Å². The van der Waals surface area contributed by atoms with E-state index in [1.165, 1.54) is 16.7 Å². The van der Waals surface area contributed by atoms with E-state index in [2.05, 4.69) is 51.5 Å². The van der Waals surface area contributed by atoms with E-state index in [0.29, 0.717) is 18.2 Å². The van der Waals surface area contributed by atoms with Crippen LogP contribution in [-0.2, 0) is 6.42 Å². The Morgan fingerprint density at radius 1 is 0.839 bits per heavy atom. The fourth-order valence-corrected chi connectivity index (χ4v) is 3.84. The molecule has 31 heavy (non-hydrogen) atoms. The van der Waals surface area contributed by atoms with E-state index in [1.54, 1.807) is 0 Å². The Bertz CT molecular complexity index is 1000. The Morgan fingerprint density at radius 2 is 1.32 bits per heavy atom. The van der Waals surface area contributed by atoms with Crippen LogP contribution >= 0.6 is 11.6 Å². The number of alkyl halides is 1. The van der Waals surface area contributed by atoms with Crippen molar-refractivity contribution in [1.29, 1.82) is 10.8 Å². The van der Waals surface area contributed by atoms with Crippen LogP contribution in [0.3, 0.4) is 0 Å². The summed E-state index contributed by atoms with van der Waals surface area (Å²) in [7, 11) is 0. The topological polar surface area (TPSA) is 65.5 Å². The van der Waals surface area contributed by atoms with Crippen molar-refractivity contribution in [1.82, 2.24) is 0 Å². The average molecular weight is 443 g/mol. The van der Waals surface area contributed by atoms with Crippen molar-refractivity contribution in [2.45, 2.75) is 74.7 Å². The molecule has 0 aliphatic heterocycles. The lowest BCUT2D eigenvalue weighted by atomic mass is 9.93. The number of hydrogen-bond acceptors (Lipinski definition) is 3. The highest BCUT2D eigenvalue weighted by Gasteiger charge is 2.25. The first-order valence-corrected chi connectivity index (χ1v) is 11.2. The third-order valence-electron chi connectivity index (χ3n) is 6.14. The number of rotatable bonds is 5. The van der Waals surface area contributed by atoms with Crippen LogP contribution in [0.15, 0.2) is 6.07 Å². The quantitative estimate of drug-likeness (QED) is 0.344. The van der Waals surface area contributed by atoms with Crippen LogP contribution in [0, 0.1) is 52.3 Å². The minimum absolute atomic E-state index is 0.277. The molecule has 0 saturated carbocycles. The van der Waals surface area contributed by atoms with E-state index in [1.807, 2.05) is 26.8 Å². The smallest absolute Gasteiger partial charge is 0.391 e. The fourth-order valence-electron chi connectivity index (χ4n) is 3.76. The van der Waals surface area contributed by atoms with E-state index >= 15 is 0 Å². The lowest BCUT2D eigenvalue weighted by Gasteiger charge is -2.14. The second-order valence-corrected chi connectivity index (χ2v) is 8.51. The molecule has 0 N–H and O–H groups in total. The van der Waals surface area contributed by atoms with Gasteiger partial charge in [-0.25, -0.2) is 0 Å². The molecule has 5 nitrogen and oxygen atoms in total. The van der Waals surface area contributed by atoms with Gasteiger partial charge in [-0.3, -0.25) is 0 Å². The lowest BCUT2D eigenvalue weighted by Crippen LogP contribution is -2.04. The SMILES string of the molecule is CCc1c(OCCCl)cc(C(C)C)c([N+]#N)c1C.Cc1c(C)c(C)c([N+]#N)c(C)c1C. The predicted molar refractivity (Wildman–Crippen MR) is 130 cm³/mol. The van der Waals surface area contributed by atoms with Gasteiger partial charge in [-0.05, 0) is 76.6 Å². The van der Waals surface area contributed by atoms with Crippen LogP contribution in [0.2, 0.25) is 0 Å². The number of nitrogens with zero attached hydrogens (tertiary/aromatic N) is 4. The number of hydrogen-bond donors (Lipinski definition) is 0. The highest BCUT2D eigenvalue weighted by molar-refractivity contribution is 6.18. The van der Waals surface area contributed by atoms with Crippen LogP contribution in [-0.4, -0.2) is 12.5 Å². The zero-order chi connectivity index (χ0) is 23.9. The molecule has 0 aromatic heterocycles. The summed E-state index contributed by atoms with van der Waals surface area (Å²) in [6, 6.07) is 1.97. The molecule has 0 fully saturated rings. The van der Waals surface area contributed by atoms with Gasteiger partial charge in [0.1, 0.15) is 12.4 Å². The summed E-state index contributed by atoms with van der Waals surface area (Å²) in [6.45, 7) is 18.9. The van der Waals surface area contributed by atoms with Crippen molar-refractivity contribution in [3.63, 3.8) is 0 Å². The molecule has 0 radical (unpaired) electrons. The van der Waals surface area contributed by atoms with Gasteiger partial charge in [0.2, 0.25) is 10.8 Å². The van der Waals surface area contributed by atoms with Crippen molar-refractivity contribution in [2.24, 2.45) is 0 Å².